The Hall–Kier alpha value is -1.02. The van der Waals surface area contributed by atoms with E-state index in [1.54, 1.807) is 12.1 Å². The molecule has 2 rings (SSSR count). The molecule has 1 atom stereocenters. The molecule has 0 radical (unpaired) electrons. The molecule has 2 nitrogen and oxygen atoms in total. The Morgan fingerprint density at radius 3 is 2.50 bits per heavy atom. The fourth-order valence-electron chi connectivity index (χ4n) is 1.87. The monoisotopic (exact) mass is 219 g/mol. The first kappa shape index (κ1) is 11.5. The van der Waals surface area contributed by atoms with Crippen LogP contribution in [-0.2, 0) is 6.42 Å². The van der Waals surface area contributed by atoms with Crippen molar-refractivity contribution < 1.29 is 5.11 Å². The summed E-state index contributed by atoms with van der Waals surface area (Å²) < 4.78 is 0. The molecule has 0 amide bonds. The lowest BCUT2D eigenvalue weighted by Gasteiger charge is -2.17. The van der Waals surface area contributed by atoms with Crippen LogP contribution in [0.3, 0.4) is 0 Å². The van der Waals surface area contributed by atoms with Crippen molar-refractivity contribution in [3.05, 3.63) is 29.8 Å². The first-order valence-corrected chi connectivity index (χ1v) is 6.09. The molecule has 1 unspecified atom stereocenters. The average Bonchev–Trinajstić information content (AvgIpc) is 2.98. The predicted octanol–water partition coefficient (Wildman–Crippen LogP) is 2.71. The predicted molar refractivity (Wildman–Crippen MR) is 66.6 cm³/mol. The molecule has 0 aromatic heterocycles. The van der Waals surface area contributed by atoms with Crippen LogP contribution < -0.4 is 5.32 Å². The van der Waals surface area contributed by atoms with Gasteiger partial charge in [-0.05, 0) is 49.3 Å². The third kappa shape index (κ3) is 3.24. The third-order valence-corrected chi connectivity index (χ3v) is 3.46. The van der Waals surface area contributed by atoms with Crippen LogP contribution >= 0.6 is 0 Å². The van der Waals surface area contributed by atoms with Gasteiger partial charge in [0.15, 0.2) is 0 Å². The zero-order chi connectivity index (χ0) is 11.6. The van der Waals surface area contributed by atoms with Gasteiger partial charge in [-0.3, -0.25) is 0 Å². The highest BCUT2D eigenvalue weighted by Crippen LogP contribution is 2.44. The van der Waals surface area contributed by atoms with E-state index in [1.165, 1.54) is 18.4 Å². The molecule has 0 heterocycles. The molecule has 1 aromatic rings. The van der Waals surface area contributed by atoms with E-state index in [4.69, 9.17) is 0 Å². The first-order valence-electron chi connectivity index (χ1n) is 6.09. The zero-order valence-corrected chi connectivity index (χ0v) is 10.2. The zero-order valence-electron chi connectivity index (χ0n) is 10.2. The molecular weight excluding hydrogens is 198 g/mol. The van der Waals surface area contributed by atoms with Crippen molar-refractivity contribution in [3.8, 4) is 5.75 Å². The summed E-state index contributed by atoms with van der Waals surface area (Å²) in [7, 11) is 0. The van der Waals surface area contributed by atoms with Crippen molar-refractivity contribution >= 4 is 0 Å². The fourth-order valence-corrected chi connectivity index (χ4v) is 1.87. The number of aromatic hydroxyl groups is 1. The summed E-state index contributed by atoms with van der Waals surface area (Å²) in [5, 5.41) is 12.8. The maximum Gasteiger partial charge on any atom is 0.115 e. The minimum atomic E-state index is 0.342. The van der Waals surface area contributed by atoms with Crippen molar-refractivity contribution in [2.75, 3.05) is 6.54 Å². The number of rotatable bonds is 5. The minimum absolute atomic E-state index is 0.342. The van der Waals surface area contributed by atoms with Gasteiger partial charge < -0.3 is 10.4 Å². The van der Waals surface area contributed by atoms with Gasteiger partial charge in [-0.15, -0.1) is 0 Å². The van der Waals surface area contributed by atoms with Gasteiger partial charge in [0.1, 0.15) is 5.75 Å². The molecule has 2 N–H and O–H groups in total. The molecule has 1 aliphatic carbocycles. The molecule has 1 aromatic carbocycles. The van der Waals surface area contributed by atoms with Crippen molar-refractivity contribution in [1.29, 1.82) is 0 Å². The molecule has 1 aliphatic rings. The lowest BCUT2D eigenvalue weighted by molar-refractivity contribution is 0.447. The summed E-state index contributed by atoms with van der Waals surface area (Å²) in [6.45, 7) is 5.69. The molecule has 0 bridgehead atoms. The summed E-state index contributed by atoms with van der Waals surface area (Å²) in [5.41, 5.74) is 1.85. The number of hydrogen-bond acceptors (Lipinski definition) is 2. The molecule has 0 aliphatic heterocycles. The van der Waals surface area contributed by atoms with Crippen LogP contribution in [0.2, 0.25) is 0 Å². The SMILES string of the molecule is CC(Cc1ccc(O)cc1)NCC1(C)CC1. The van der Waals surface area contributed by atoms with Gasteiger partial charge in [-0.1, -0.05) is 19.1 Å². The average molecular weight is 219 g/mol. The van der Waals surface area contributed by atoms with Gasteiger partial charge in [0, 0.05) is 12.6 Å². The summed E-state index contributed by atoms with van der Waals surface area (Å²) in [5.74, 6) is 0.342. The molecule has 1 saturated carbocycles. The molecule has 16 heavy (non-hydrogen) atoms. The molecule has 1 fully saturated rings. The summed E-state index contributed by atoms with van der Waals surface area (Å²) in [6, 6.07) is 8.00. The number of hydrogen-bond donors (Lipinski definition) is 2. The Labute approximate surface area is 97.7 Å². The second-order valence-electron chi connectivity index (χ2n) is 5.46. The second kappa shape index (κ2) is 4.46. The molecule has 2 heteroatoms. The summed E-state index contributed by atoms with van der Waals surface area (Å²) in [6.07, 6.45) is 3.76. The van der Waals surface area contributed by atoms with Crippen LogP contribution in [0.25, 0.3) is 0 Å². The highest BCUT2D eigenvalue weighted by atomic mass is 16.3. The van der Waals surface area contributed by atoms with Gasteiger partial charge in [0.25, 0.3) is 0 Å². The number of benzene rings is 1. The molecule has 0 spiro atoms. The van der Waals surface area contributed by atoms with E-state index in [9.17, 15) is 5.11 Å². The van der Waals surface area contributed by atoms with Crippen molar-refractivity contribution in [2.24, 2.45) is 5.41 Å². The Morgan fingerprint density at radius 2 is 1.94 bits per heavy atom. The normalized spacial score (nSPS) is 19.4. The van der Waals surface area contributed by atoms with Gasteiger partial charge in [0.05, 0.1) is 0 Å². The Balaban J connectivity index is 1.77. The van der Waals surface area contributed by atoms with E-state index in [-0.39, 0.29) is 0 Å². The number of phenols is 1. The summed E-state index contributed by atoms with van der Waals surface area (Å²) in [4.78, 5) is 0. The second-order valence-corrected chi connectivity index (χ2v) is 5.46. The van der Waals surface area contributed by atoms with E-state index in [0.29, 0.717) is 17.2 Å². The smallest absolute Gasteiger partial charge is 0.115 e. The number of phenolic OH excluding ortho intramolecular Hbond substituents is 1. The Morgan fingerprint density at radius 1 is 1.31 bits per heavy atom. The van der Waals surface area contributed by atoms with Gasteiger partial charge in [-0.2, -0.15) is 0 Å². The molecule has 88 valence electrons. The van der Waals surface area contributed by atoms with Crippen LogP contribution in [-0.4, -0.2) is 17.7 Å². The van der Waals surface area contributed by atoms with E-state index >= 15 is 0 Å². The fraction of sp³-hybridized carbons (Fsp3) is 0.571. The van der Waals surface area contributed by atoms with Crippen LogP contribution in [0, 0.1) is 5.41 Å². The van der Waals surface area contributed by atoms with E-state index < -0.39 is 0 Å². The van der Waals surface area contributed by atoms with Crippen molar-refractivity contribution in [2.45, 2.75) is 39.2 Å². The van der Waals surface area contributed by atoms with Crippen LogP contribution in [0.5, 0.6) is 5.75 Å². The van der Waals surface area contributed by atoms with Crippen LogP contribution in [0.15, 0.2) is 24.3 Å². The van der Waals surface area contributed by atoms with Gasteiger partial charge >= 0.3 is 0 Å². The van der Waals surface area contributed by atoms with E-state index in [0.717, 1.165) is 13.0 Å². The van der Waals surface area contributed by atoms with E-state index in [1.807, 2.05) is 12.1 Å². The highest BCUT2D eigenvalue weighted by Gasteiger charge is 2.36. The maximum absolute atomic E-state index is 9.19. The Kier molecular flexibility index (Phi) is 3.20. The van der Waals surface area contributed by atoms with Crippen molar-refractivity contribution in [3.63, 3.8) is 0 Å². The van der Waals surface area contributed by atoms with Crippen LogP contribution in [0.1, 0.15) is 32.3 Å². The standard InChI is InChI=1S/C14H21NO/c1-11(15-10-14(2)7-8-14)9-12-3-5-13(16)6-4-12/h3-6,11,15-16H,7-10H2,1-2H3. The van der Waals surface area contributed by atoms with Gasteiger partial charge in [-0.25, -0.2) is 0 Å². The minimum Gasteiger partial charge on any atom is -0.508 e. The molecular formula is C14H21NO. The van der Waals surface area contributed by atoms with Gasteiger partial charge in [0.2, 0.25) is 0 Å². The first-order chi connectivity index (χ1) is 7.57. The summed E-state index contributed by atoms with van der Waals surface area (Å²) >= 11 is 0. The lowest BCUT2D eigenvalue weighted by atomic mass is 10.1. The third-order valence-electron chi connectivity index (χ3n) is 3.46. The van der Waals surface area contributed by atoms with Crippen LogP contribution in [0.4, 0.5) is 0 Å². The number of nitrogens with one attached hydrogen (secondary N) is 1. The largest absolute Gasteiger partial charge is 0.508 e. The lowest BCUT2D eigenvalue weighted by Crippen LogP contribution is -2.32. The van der Waals surface area contributed by atoms with E-state index in [2.05, 4.69) is 19.2 Å². The molecule has 0 saturated heterocycles. The van der Waals surface area contributed by atoms with Crippen molar-refractivity contribution in [1.82, 2.24) is 5.32 Å². The highest BCUT2D eigenvalue weighted by molar-refractivity contribution is 5.26. The topological polar surface area (TPSA) is 32.3 Å². The maximum atomic E-state index is 9.19. The quantitative estimate of drug-likeness (QED) is 0.798. The Bertz CT molecular complexity index is 340.